The molecule has 5 nitrogen and oxygen atoms in total. The number of carbonyl (C=O) groups excluding carboxylic acids is 1. The van der Waals surface area contributed by atoms with Gasteiger partial charge in [0, 0.05) is 0 Å². The lowest BCUT2D eigenvalue weighted by molar-refractivity contribution is -0.133. The number of nitrogens with one attached hydrogen (secondary N) is 1. The third-order valence-corrected chi connectivity index (χ3v) is 4.32. The Hall–Kier alpha value is -1.33. The molecule has 1 aliphatic carbocycles. The molecule has 0 radical (unpaired) electrons. The molecule has 3 unspecified atom stereocenters. The number of amides is 1. The molecule has 1 aromatic heterocycles. The van der Waals surface area contributed by atoms with Gasteiger partial charge in [0.2, 0.25) is 5.91 Å². The van der Waals surface area contributed by atoms with E-state index < -0.39 is 6.10 Å². The number of nitrogens with two attached hydrogens (primary N) is 1. The van der Waals surface area contributed by atoms with Crippen molar-refractivity contribution in [1.29, 1.82) is 0 Å². The zero-order chi connectivity index (χ0) is 15.1. The van der Waals surface area contributed by atoms with Gasteiger partial charge in [-0.05, 0) is 50.3 Å². The molecule has 2 rings (SSSR count). The minimum atomic E-state index is -0.444. The molecule has 1 aliphatic rings. The first-order valence-corrected chi connectivity index (χ1v) is 7.82. The summed E-state index contributed by atoms with van der Waals surface area (Å²) in [5.41, 5.74) is 5.82. The van der Waals surface area contributed by atoms with Crippen molar-refractivity contribution in [3.8, 4) is 0 Å². The molecule has 1 saturated carbocycles. The Kier molecular flexibility index (Phi) is 6.26. The Labute approximate surface area is 126 Å². The highest BCUT2D eigenvalue weighted by molar-refractivity contribution is 5.80. The van der Waals surface area contributed by atoms with Crippen LogP contribution in [0, 0.1) is 11.8 Å². The zero-order valence-electron chi connectivity index (χ0n) is 12.7. The number of rotatable bonds is 7. The van der Waals surface area contributed by atoms with Gasteiger partial charge < -0.3 is 20.2 Å². The van der Waals surface area contributed by atoms with Gasteiger partial charge >= 0.3 is 0 Å². The Morgan fingerprint density at radius 2 is 2.24 bits per heavy atom. The van der Waals surface area contributed by atoms with Gasteiger partial charge in [-0.3, -0.25) is 4.79 Å². The highest BCUT2D eigenvalue weighted by atomic mass is 16.5. The van der Waals surface area contributed by atoms with E-state index in [0.717, 1.165) is 12.2 Å². The molecule has 1 amide bonds. The molecule has 0 aliphatic heterocycles. The molecule has 21 heavy (non-hydrogen) atoms. The van der Waals surface area contributed by atoms with Gasteiger partial charge in [-0.2, -0.15) is 0 Å². The summed E-state index contributed by atoms with van der Waals surface area (Å²) in [6.45, 7) is 3.52. The first-order valence-electron chi connectivity index (χ1n) is 7.82. The van der Waals surface area contributed by atoms with Crippen LogP contribution in [0.15, 0.2) is 22.8 Å². The van der Waals surface area contributed by atoms with Crippen LogP contribution in [0.3, 0.4) is 0 Å². The molecule has 1 heterocycles. The van der Waals surface area contributed by atoms with E-state index in [0.29, 0.717) is 31.5 Å². The first kappa shape index (κ1) is 16.0. The molecule has 0 bridgehead atoms. The van der Waals surface area contributed by atoms with Crippen LogP contribution >= 0.6 is 0 Å². The van der Waals surface area contributed by atoms with Crippen molar-refractivity contribution in [2.75, 3.05) is 13.2 Å². The summed E-state index contributed by atoms with van der Waals surface area (Å²) < 4.78 is 10.9. The third-order valence-electron chi connectivity index (χ3n) is 4.32. The van der Waals surface area contributed by atoms with Gasteiger partial charge in [0.05, 0.1) is 19.4 Å². The maximum absolute atomic E-state index is 12.0. The SMILES string of the molecule is CC(OCC1CCCCC1CN)C(=O)NCc1ccco1. The Morgan fingerprint density at radius 3 is 2.90 bits per heavy atom. The van der Waals surface area contributed by atoms with Gasteiger partial charge in [-0.25, -0.2) is 0 Å². The molecule has 5 heteroatoms. The van der Waals surface area contributed by atoms with Crippen molar-refractivity contribution in [3.63, 3.8) is 0 Å². The van der Waals surface area contributed by atoms with E-state index in [1.165, 1.54) is 19.3 Å². The molecule has 3 atom stereocenters. The van der Waals surface area contributed by atoms with Crippen molar-refractivity contribution in [3.05, 3.63) is 24.2 Å². The van der Waals surface area contributed by atoms with Crippen molar-refractivity contribution >= 4 is 5.91 Å². The second-order valence-electron chi connectivity index (χ2n) is 5.81. The number of hydrogen-bond acceptors (Lipinski definition) is 4. The van der Waals surface area contributed by atoms with Crippen molar-refractivity contribution in [2.45, 2.75) is 45.3 Å². The Morgan fingerprint density at radius 1 is 1.48 bits per heavy atom. The summed E-state index contributed by atoms with van der Waals surface area (Å²) in [4.78, 5) is 12.0. The largest absolute Gasteiger partial charge is 0.467 e. The summed E-state index contributed by atoms with van der Waals surface area (Å²) in [7, 11) is 0. The van der Waals surface area contributed by atoms with E-state index in [9.17, 15) is 4.79 Å². The van der Waals surface area contributed by atoms with Gasteiger partial charge in [-0.1, -0.05) is 12.8 Å². The second-order valence-corrected chi connectivity index (χ2v) is 5.81. The molecule has 0 aromatic carbocycles. The highest BCUT2D eigenvalue weighted by Gasteiger charge is 2.25. The van der Waals surface area contributed by atoms with Crippen molar-refractivity contribution in [2.24, 2.45) is 17.6 Å². The molecule has 0 saturated heterocycles. The highest BCUT2D eigenvalue weighted by Crippen LogP contribution is 2.29. The van der Waals surface area contributed by atoms with Crippen molar-refractivity contribution in [1.82, 2.24) is 5.32 Å². The maximum Gasteiger partial charge on any atom is 0.249 e. The monoisotopic (exact) mass is 294 g/mol. The van der Waals surface area contributed by atoms with Crippen LogP contribution in [0.5, 0.6) is 0 Å². The summed E-state index contributed by atoms with van der Waals surface area (Å²) >= 11 is 0. The fourth-order valence-corrected chi connectivity index (χ4v) is 2.89. The predicted octanol–water partition coefficient (Wildman–Crippen LogP) is 2.07. The van der Waals surface area contributed by atoms with E-state index in [-0.39, 0.29) is 5.91 Å². The van der Waals surface area contributed by atoms with E-state index in [4.69, 9.17) is 14.9 Å². The molecule has 0 spiro atoms. The number of carbonyl (C=O) groups is 1. The number of furan rings is 1. The number of hydrogen-bond donors (Lipinski definition) is 2. The maximum atomic E-state index is 12.0. The summed E-state index contributed by atoms with van der Waals surface area (Å²) in [6.07, 6.45) is 5.99. The normalized spacial score (nSPS) is 23.7. The molecule has 3 N–H and O–H groups in total. The average Bonchev–Trinajstić information content (AvgIpc) is 3.03. The fraction of sp³-hybridized carbons (Fsp3) is 0.688. The lowest BCUT2D eigenvalue weighted by atomic mass is 9.80. The topological polar surface area (TPSA) is 77.5 Å². The smallest absolute Gasteiger partial charge is 0.249 e. The van der Waals surface area contributed by atoms with E-state index in [1.807, 2.05) is 6.07 Å². The third kappa shape index (κ3) is 4.86. The van der Waals surface area contributed by atoms with Crippen molar-refractivity contribution < 1.29 is 13.9 Å². The van der Waals surface area contributed by atoms with Gasteiger partial charge in [0.1, 0.15) is 11.9 Å². The molecular formula is C16H26N2O3. The van der Waals surface area contributed by atoms with Gasteiger partial charge in [-0.15, -0.1) is 0 Å². The van der Waals surface area contributed by atoms with Crippen LogP contribution in [0.2, 0.25) is 0 Å². The zero-order valence-corrected chi connectivity index (χ0v) is 12.7. The van der Waals surface area contributed by atoms with Gasteiger partial charge in [0.25, 0.3) is 0 Å². The van der Waals surface area contributed by atoms with E-state index in [2.05, 4.69) is 5.32 Å². The van der Waals surface area contributed by atoms with Crippen LogP contribution in [0.25, 0.3) is 0 Å². The summed E-state index contributed by atoms with van der Waals surface area (Å²) in [6, 6.07) is 3.64. The Balaban J connectivity index is 1.70. The first-order chi connectivity index (χ1) is 10.2. The fourth-order valence-electron chi connectivity index (χ4n) is 2.89. The Bertz CT molecular complexity index is 419. The standard InChI is InChI=1S/C16H26N2O3/c1-12(16(19)18-10-15-7-4-8-20-15)21-11-14-6-3-2-5-13(14)9-17/h4,7-8,12-14H,2-3,5-6,9-11,17H2,1H3,(H,18,19). The quantitative estimate of drug-likeness (QED) is 0.807. The van der Waals surface area contributed by atoms with Gasteiger partial charge in [0.15, 0.2) is 0 Å². The lowest BCUT2D eigenvalue weighted by Gasteiger charge is -2.31. The molecule has 1 aromatic rings. The lowest BCUT2D eigenvalue weighted by Crippen LogP contribution is -2.37. The van der Waals surface area contributed by atoms with Crippen LogP contribution in [0.1, 0.15) is 38.4 Å². The van der Waals surface area contributed by atoms with E-state index in [1.54, 1.807) is 19.3 Å². The predicted molar refractivity (Wildman–Crippen MR) is 80.5 cm³/mol. The second kappa shape index (κ2) is 8.20. The van der Waals surface area contributed by atoms with Crippen LogP contribution in [0.4, 0.5) is 0 Å². The molecular weight excluding hydrogens is 268 g/mol. The summed E-state index contributed by atoms with van der Waals surface area (Å²) in [5, 5.41) is 2.82. The van der Waals surface area contributed by atoms with Crippen LogP contribution in [-0.4, -0.2) is 25.2 Å². The average molecular weight is 294 g/mol. The van der Waals surface area contributed by atoms with E-state index >= 15 is 0 Å². The summed E-state index contributed by atoms with van der Waals surface area (Å²) in [5.74, 6) is 1.67. The minimum Gasteiger partial charge on any atom is -0.467 e. The molecule has 118 valence electrons. The van der Waals surface area contributed by atoms with Crippen LogP contribution < -0.4 is 11.1 Å². The van der Waals surface area contributed by atoms with Crippen LogP contribution in [-0.2, 0) is 16.1 Å². The minimum absolute atomic E-state index is 0.105. The molecule has 1 fully saturated rings. The number of ether oxygens (including phenoxy) is 1.